The molecular formula is C20H40Cl2NSiTi. The molecule has 0 aromatic carbocycles. The molecule has 0 aromatic heterocycles. The molecule has 2 aliphatic rings. The first-order valence-corrected chi connectivity index (χ1v) is 11.7. The molecule has 147 valence electrons. The molecule has 0 amide bonds. The zero-order valence-electron chi connectivity index (χ0n) is 16.6. The van der Waals surface area contributed by atoms with Crippen molar-refractivity contribution in [3.63, 3.8) is 0 Å². The van der Waals surface area contributed by atoms with Crippen LogP contribution in [-0.4, -0.2) is 15.6 Å². The second-order valence-electron chi connectivity index (χ2n) is 6.53. The molecule has 0 bridgehead atoms. The van der Waals surface area contributed by atoms with Crippen molar-refractivity contribution < 1.29 is 21.7 Å². The number of nitrogens with one attached hydrogen (secondary N) is 1. The van der Waals surface area contributed by atoms with Crippen LogP contribution in [0.4, 0.5) is 0 Å². The van der Waals surface area contributed by atoms with E-state index in [2.05, 4.69) is 32.2 Å². The van der Waals surface area contributed by atoms with E-state index in [9.17, 15) is 0 Å². The van der Waals surface area contributed by atoms with Crippen LogP contribution in [0.2, 0.25) is 13.1 Å². The van der Waals surface area contributed by atoms with E-state index in [1.54, 1.807) is 0 Å². The van der Waals surface area contributed by atoms with Crippen molar-refractivity contribution in [2.75, 3.05) is 0 Å². The Balaban J connectivity index is -0.000000156. The van der Waals surface area contributed by atoms with Crippen LogP contribution in [0, 0.1) is 6.08 Å². The van der Waals surface area contributed by atoms with Crippen molar-refractivity contribution in [3.8, 4) is 0 Å². The topological polar surface area (TPSA) is 23.8 Å². The molecular weight excluding hydrogens is 401 g/mol. The Labute approximate surface area is 188 Å². The molecule has 5 heteroatoms. The normalized spacial score (nSPS) is 18.0. The number of allylic oxidation sites excluding steroid dienone is 4. The van der Waals surface area contributed by atoms with E-state index in [1.165, 1.54) is 63.4 Å². The Kier molecular flexibility index (Phi) is 36.4. The fourth-order valence-electron chi connectivity index (χ4n) is 2.66. The van der Waals surface area contributed by atoms with Crippen molar-refractivity contribution >= 4 is 34.3 Å². The summed E-state index contributed by atoms with van der Waals surface area (Å²) in [6.07, 6.45) is 23.0. The zero-order chi connectivity index (χ0) is 16.5. The van der Waals surface area contributed by atoms with Crippen LogP contribution in [-0.2, 0) is 21.7 Å². The number of rotatable bonds is 0. The molecule has 0 saturated heterocycles. The van der Waals surface area contributed by atoms with Gasteiger partial charge < -0.3 is 5.73 Å². The number of hydrogen-bond donors (Lipinski definition) is 0. The average Bonchev–Trinajstić information content (AvgIpc) is 2.95. The first-order chi connectivity index (χ1) is 10.7. The predicted molar refractivity (Wildman–Crippen MR) is 118 cm³/mol. The third-order valence-electron chi connectivity index (χ3n) is 3.98. The summed E-state index contributed by atoms with van der Waals surface area (Å²) >= 11 is 0. The second kappa shape index (κ2) is 27.2. The Bertz CT molecular complexity index is 285. The van der Waals surface area contributed by atoms with Crippen molar-refractivity contribution in [3.05, 3.63) is 29.5 Å². The maximum absolute atomic E-state index is 7.80. The largest absolute Gasteiger partial charge is 2.00 e. The van der Waals surface area contributed by atoms with Crippen molar-refractivity contribution in [1.29, 1.82) is 0 Å². The summed E-state index contributed by atoms with van der Waals surface area (Å²) in [5, 5.41) is 0. The molecule has 1 radical (unpaired) electrons. The van der Waals surface area contributed by atoms with Gasteiger partial charge in [-0.15, -0.1) is 44.2 Å². The van der Waals surface area contributed by atoms with Crippen LogP contribution >= 0.6 is 24.8 Å². The summed E-state index contributed by atoms with van der Waals surface area (Å²) in [6, 6.07) is 0.249. The van der Waals surface area contributed by atoms with Gasteiger partial charge in [0.05, 0.1) is 0 Å². The van der Waals surface area contributed by atoms with Gasteiger partial charge in [0.15, 0.2) is 0 Å². The fraction of sp³-hybridized carbons (Fsp3) is 0.800. The van der Waals surface area contributed by atoms with Gasteiger partial charge >= 0.3 is 21.7 Å². The standard InChI is InChI=1S/C12H24N.C6H7.C2H7Si.2ClH.Ti/c13-12-10-8-6-4-2-1-3-5-7-9-11-12;1-6-4-2-3-5-6;1-3-2;;;/h12-13H,1-11H2;4-5H,2H2,1H3;3H,1-2H3;2*1H;/q2*-1;;;;+2. The summed E-state index contributed by atoms with van der Waals surface area (Å²) < 4.78 is 0. The van der Waals surface area contributed by atoms with E-state index in [-0.39, 0.29) is 52.6 Å². The molecule has 2 aliphatic carbocycles. The quantitative estimate of drug-likeness (QED) is 0.271. The molecule has 0 aliphatic heterocycles. The van der Waals surface area contributed by atoms with Crippen molar-refractivity contribution in [2.24, 2.45) is 0 Å². The second-order valence-corrected chi connectivity index (χ2v) is 7.69. The van der Waals surface area contributed by atoms with E-state index in [0.29, 0.717) is 0 Å². The van der Waals surface area contributed by atoms with Gasteiger partial charge in [-0.1, -0.05) is 83.7 Å². The molecule has 2 rings (SSSR count). The molecule has 1 nitrogen and oxygen atoms in total. The van der Waals surface area contributed by atoms with E-state index < -0.39 is 0 Å². The first kappa shape index (κ1) is 33.5. The molecule has 0 unspecified atom stereocenters. The van der Waals surface area contributed by atoms with Crippen molar-refractivity contribution in [1.82, 2.24) is 0 Å². The Morgan fingerprint density at radius 2 is 1.24 bits per heavy atom. The Morgan fingerprint density at radius 3 is 1.48 bits per heavy atom. The van der Waals surface area contributed by atoms with Gasteiger partial charge in [-0.25, -0.2) is 11.6 Å². The SMILES string of the molecule is CC1=CC[C-]=C1.C[SiH]C.Cl.Cl.[NH-]C1CCCCCCCCCCC1.[Ti+2]. The van der Waals surface area contributed by atoms with Crippen LogP contribution in [0.25, 0.3) is 5.73 Å². The summed E-state index contributed by atoms with van der Waals surface area (Å²) in [4.78, 5) is 0. The molecule has 0 aromatic rings. The molecule has 0 atom stereocenters. The first-order valence-electron chi connectivity index (χ1n) is 9.39. The maximum Gasteiger partial charge on any atom is 2.00 e. The monoisotopic (exact) mass is 440 g/mol. The van der Waals surface area contributed by atoms with Gasteiger partial charge in [0.1, 0.15) is 0 Å². The molecule has 0 spiro atoms. The molecule has 25 heavy (non-hydrogen) atoms. The van der Waals surface area contributed by atoms with Gasteiger partial charge in [0.2, 0.25) is 0 Å². The van der Waals surface area contributed by atoms with Crippen molar-refractivity contribution in [2.45, 2.75) is 103 Å². The van der Waals surface area contributed by atoms with Gasteiger partial charge in [0, 0.05) is 9.52 Å². The molecule has 1 saturated carbocycles. The van der Waals surface area contributed by atoms with Crippen LogP contribution < -0.4 is 0 Å². The maximum atomic E-state index is 7.80. The minimum Gasteiger partial charge on any atom is -0.675 e. The summed E-state index contributed by atoms with van der Waals surface area (Å²) in [5.41, 5.74) is 9.15. The minimum absolute atomic E-state index is 0. The van der Waals surface area contributed by atoms with E-state index >= 15 is 0 Å². The van der Waals surface area contributed by atoms with Gasteiger partial charge in [-0.2, -0.15) is 6.08 Å². The Hall–Kier alpha value is 0.951. The Morgan fingerprint density at radius 1 is 0.880 bits per heavy atom. The fourth-order valence-corrected chi connectivity index (χ4v) is 2.66. The van der Waals surface area contributed by atoms with E-state index in [0.717, 1.165) is 28.8 Å². The van der Waals surface area contributed by atoms with Gasteiger partial charge in [0.25, 0.3) is 0 Å². The third-order valence-corrected chi connectivity index (χ3v) is 3.98. The van der Waals surface area contributed by atoms with Crippen LogP contribution in [0.15, 0.2) is 17.7 Å². The van der Waals surface area contributed by atoms with E-state index in [4.69, 9.17) is 5.73 Å². The smallest absolute Gasteiger partial charge is 0.675 e. The third kappa shape index (κ3) is 27.3. The minimum atomic E-state index is 0. The van der Waals surface area contributed by atoms with Gasteiger partial charge in [-0.3, -0.25) is 6.08 Å². The van der Waals surface area contributed by atoms with E-state index in [1.807, 2.05) is 6.08 Å². The average molecular weight is 441 g/mol. The van der Waals surface area contributed by atoms with Crippen LogP contribution in [0.5, 0.6) is 0 Å². The summed E-state index contributed by atoms with van der Waals surface area (Å²) in [6.45, 7) is 6.50. The summed E-state index contributed by atoms with van der Waals surface area (Å²) in [5.74, 6) is 0. The summed E-state index contributed by atoms with van der Waals surface area (Å²) in [7, 11) is 0.750. The van der Waals surface area contributed by atoms with Crippen LogP contribution in [0.3, 0.4) is 0 Å². The number of hydrogen-bond acceptors (Lipinski definition) is 0. The molecule has 1 N–H and O–H groups in total. The molecule has 1 fully saturated rings. The molecule has 0 heterocycles. The van der Waals surface area contributed by atoms with Gasteiger partial charge in [-0.05, 0) is 0 Å². The van der Waals surface area contributed by atoms with Crippen LogP contribution in [0.1, 0.15) is 84.0 Å². The number of halogens is 2. The predicted octanol–water partition coefficient (Wildman–Crippen LogP) is 7.77. The zero-order valence-corrected chi connectivity index (χ0v) is 21.0.